The number of nitrogens with zero attached hydrogens (tertiary/aromatic N) is 3. The second kappa shape index (κ2) is 9.11. The van der Waals surface area contributed by atoms with Gasteiger partial charge in [0.2, 0.25) is 11.8 Å². The highest BCUT2D eigenvalue weighted by Gasteiger charge is 2.15. The summed E-state index contributed by atoms with van der Waals surface area (Å²) in [5.41, 5.74) is 4.92. The maximum atomic E-state index is 11.5. The van der Waals surface area contributed by atoms with E-state index < -0.39 is 11.9 Å². The summed E-state index contributed by atoms with van der Waals surface area (Å²) in [6.45, 7) is 1.85. The predicted octanol–water partition coefficient (Wildman–Crippen LogP) is 0.832. The number of hydrogen-bond acceptors (Lipinski definition) is 8. The maximum absolute atomic E-state index is 11.5. The quantitative estimate of drug-likeness (QED) is 0.684. The molecule has 130 valence electrons. The van der Waals surface area contributed by atoms with E-state index in [0.29, 0.717) is 38.0 Å². The number of hydrogen-bond donors (Lipinski definition) is 2. The Kier molecular flexibility index (Phi) is 6.85. The van der Waals surface area contributed by atoms with Gasteiger partial charge in [-0.05, 0) is 11.4 Å². The third kappa shape index (κ3) is 5.72. The summed E-state index contributed by atoms with van der Waals surface area (Å²) in [5.74, 6) is 0.484. The Balaban J connectivity index is 1.92. The highest BCUT2D eigenvalue weighted by molar-refractivity contribution is 7.13. The van der Waals surface area contributed by atoms with Gasteiger partial charge in [-0.25, -0.2) is 4.79 Å². The van der Waals surface area contributed by atoms with Crippen molar-refractivity contribution < 1.29 is 18.7 Å². The van der Waals surface area contributed by atoms with E-state index in [9.17, 15) is 9.59 Å². The number of carbonyl (C=O) groups is 2. The van der Waals surface area contributed by atoms with Crippen LogP contribution in [0.3, 0.4) is 0 Å². The highest BCUT2D eigenvalue weighted by atomic mass is 32.1. The van der Waals surface area contributed by atoms with Crippen molar-refractivity contribution >= 4 is 23.3 Å². The van der Waals surface area contributed by atoms with E-state index in [1.54, 1.807) is 7.11 Å². The van der Waals surface area contributed by atoms with Gasteiger partial charge in [0.25, 0.3) is 5.89 Å². The normalized spacial score (nSPS) is 10.9. The number of imide groups is 1. The van der Waals surface area contributed by atoms with Crippen molar-refractivity contribution in [2.75, 3.05) is 26.8 Å². The first-order valence-corrected chi connectivity index (χ1v) is 8.13. The molecule has 0 bridgehead atoms. The van der Waals surface area contributed by atoms with Gasteiger partial charge in [-0.3, -0.25) is 15.0 Å². The minimum Gasteiger partial charge on any atom is -0.419 e. The van der Waals surface area contributed by atoms with Gasteiger partial charge in [-0.2, -0.15) is 0 Å². The number of nitrogens with two attached hydrogens (primary N) is 1. The number of carbonyl (C=O) groups excluding carboxylic acids is 2. The highest BCUT2D eigenvalue weighted by Crippen LogP contribution is 2.23. The lowest BCUT2D eigenvalue weighted by Gasteiger charge is -2.19. The summed E-state index contributed by atoms with van der Waals surface area (Å²) in [6.07, 6.45) is 0.124. The van der Waals surface area contributed by atoms with Gasteiger partial charge in [0.05, 0.1) is 18.0 Å². The molecular formula is C14H19N5O4S. The number of ether oxygens (including phenoxy) is 1. The topological polar surface area (TPSA) is 124 Å². The molecule has 0 aliphatic carbocycles. The zero-order chi connectivity index (χ0) is 17.4. The summed E-state index contributed by atoms with van der Waals surface area (Å²) < 4.78 is 10.7. The zero-order valence-electron chi connectivity index (χ0n) is 13.2. The Bertz CT molecular complexity index is 658. The zero-order valence-corrected chi connectivity index (χ0v) is 14.0. The van der Waals surface area contributed by atoms with Crippen LogP contribution in [0.1, 0.15) is 12.3 Å². The first kappa shape index (κ1) is 18.0. The standard InChI is InChI=1S/C14H19N5O4S/c1-22-7-6-19(5-4-11(20)16-14(15)21)9-12-17-18-13(23-12)10-3-2-8-24-10/h2-3,8H,4-7,9H2,1H3,(H3,15,16,20,21). The molecule has 0 unspecified atom stereocenters. The van der Waals surface area contributed by atoms with E-state index in [1.807, 2.05) is 27.7 Å². The molecule has 0 aromatic carbocycles. The number of aromatic nitrogens is 2. The Morgan fingerprint density at radius 1 is 1.42 bits per heavy atom. The van der Waals surface area contributed by atoms with Crippen molar-refractivity contribution in [2.24, 2.45) is 5.73 Å². The van der Waals surface area contributed by atoms with Crippen LogP contribution in [0.2, 0.25) is 0 Å². The molecule has 2 aromatic heterocycles. The van der Waals surface area contributed by atoms with E-state index in [2.05, 4.69) is 10.2 Å². The van der Waals surface area contributed by atoms with Crippen LogP contribution in [0.4, 0.5) is 4.79 Å². The first-order chi connectivity index (χ1) is 11.6. The monoisotopic (exact) mass is 353 g/mol. The molecule has 0 aliphatic rings. The summed E-state index contributed by atoms with van der Waals surface area (Å²) in [4.78, 5) is 25.0. The van der Waals surface area contributed by atoms with Crippen LogP contribution in [-0.2, 0) is 16.1 Å². The van der Waals surface area contributed by atoms with Crippen LogP contribution in [0.15, 0.2) is 21.9 Å². The number of rotatable bonds is 9. The summed E-state index contributed by atoms with van der Waals surface area (Å²) in [7, 11) is 1.60. The molecule has 2 aromatic rings. The molecule has 0 radical (unpaired) electrons. The minimum absolute atomic E-state index is 0.124. The lowest BCUT2D eigenvalue weighted by Crippen LogP contribution is -2.37. The van der Waals surface area contributed by atoms with Crippen molar-refractivity contribution in [3.05, 3.63) is 23.4 Å². The van der Waals surface area contributed by atoms with Gasteiger partial charge >= 0.3 is 6.03 Å². The largest absolute Gasteiger partial charge is 0.419 e. The molecule has 10 heteroatoms. The van der Waals surface area contributed by atoms with E-state index in [4.69, 9.17) is 14.9 Å². The summed E-state index contributed by atoms with van der Waals surface area (Å²) in [6, 6.07) is 2.95. The molecule has 0 spiro atoms. The van der Waals surface area contributed by atoms with E-state index >= 15 is 0 Å². The molecule has 3 amide bonds. The van der Waals surface area contributed by atoms with Gasteiger partial charge in [-0.15, -0.1) is 21.5 Å². The number of primary amides is 1. The minimum atomic E-state index is -0.860. The molecule has 3 N–H and O–H groups in total. The Hall–Kier alpha value is -2.30. The molecule has 0 saturated heterocycles. The van der Waals surface area contributed by atoms with Crippen molar-refractivity contribution in [2.45, 2.75) is 13.0 Å². The first-order valence-electron chi connectivity index (χ1n) is 7.25. The fourth-order valence-electron chi connectivity index (χ4n) is 1.96. The van der Waals surface area contributed by atoms with Gasteiger partial charge in [0, 0.05) is 26.6 Å². The fourth-order valence-corrected chi connectivity index (χ4v) is 2.60. The molecular weight excluding hydrogens is 334 g/mol. The van der Waals surface area contributed by atoms with Crippen molar-refractivity contribution in [1.29, 1.82) is 0 Å². The predicted molar refractivity (Wildman–Crippen MR) is 87.1 cm³/mol. The second-order valence-electron chi connectivity index (χ2n) is 4.91. The van der Waals surface area contributed by atoms with E-state index in [-0.39, 0.29) is 6.42 Å². The van der Waals surface area contributed by atoms with Gasteiger partial charge < -0.3 is 14.9 Å². The van der Waals surface area contributed by atoms with Crippen LogP contribution >= 0.6 is 11.3 Å². The maximum Gasteiger partial charge on any atom is 0.318 e. The van der Waals surface area contributed by atoms with Gasteiger partial charge in [-0.1, -0.05) is 6.07 Å². The average molecular weight is 353 g/mol. The van der Waals surface area contributed by atoms with Crippen LogP contribution in [0.25, 0.3) is 10.8 Å². The number of nitrogens with one attached hydrogen (secondary N) is 1. The lowest BCUT2D eigenvalue weighted by atomic mass is 10.3. The molecule has 24 heavy (non-hydrogen) atoms. The third-order valence-corrected chi connectivity index (χ3v) is 3.94. The number of amides is 3. The van der Waals surface area contributed by atoms with Crippen LogP contribution < -0.4 is 11.1 Å². The molecule has 2 rings (SSSR count). The Morgan fingerprint density at radius 2 is 2.25 bits per heavy atom. The second-order valence-corrected chi connectivity index (χ2v) is 5.86. The Labute approximate surface area is 142 Å². The fraction of sp³-hybridized carbons (Fsp3) is 0.429. The van der Waals surface area contributed by atoms with Crippen molar-refractivity contribution in [3.63, 3.8) is 0 Å². The van der Waals surface area contributed by atoms with E-state index in [1.165, 1.54) is 11.3 Å². The van der Waals surface area contributed by atoms with Crippen LogP contribution in [0.5, 0.6) is 0 Å². The van der Waals surface area contributed by atoms with E-state index in [0.717, 1.165) is 4.88 Å². The molecule has 0 atom stereocenters. The van der Waals surface area contributed by atoms with Crippen LogP contribution in [-0.4, -0.2) is 53.8 Å². The van der Waals surface area contributed by atoms with Crippen molar-refractivity contribution in [1.82, 2.24) is 20.4 Å². The Morgan fingerprint density at radius 3 is 2.92 bits per heavy atom. The molecule has 0 fully saturated rings. The van der Waals surface area contributed by atoms with Crippen molar-refractivity contribution in [3.8, 4) is 10.8 Å². The van der Waals surface area contributed by atoms with Gasteiger partial charge in [0.15, 0.2) is 0 Å². The summed E-state index contributed by atoms with van der Waals surface area (Å²) >= 11 is 1.52. The lowest BCUT2D eigenvalue weighted by molar-refractivity contribution is -0.120. The average Bonchev–Trinajstić information content (AvgIpc) is 3.20. The van der Waals surface area contributed by atoms with Gasteiger partial charge in [0.1, 0.15) is 0 Å². The van der Waals surface area contributed by atoms with Crippen LogP contribution in [0, 0.1) is 0 Å². The SMILES string of the molecule is COCCN(CCC(=O)NC(N)=O)Cc1nnc(-c2cccs2)o1. The third-order valence-electron chi connectivity index (χ3n) is 3.09. The molecule has 2 heterocycles. The number of methoxy groups -OCH3 is 1. The smallest absolute Gasteiger partial charge is 0.318 e. The number of urea groups is 1. The molecule has 9 nitrogen and oxygen atoms in total. The molecule has 0 aliphatic heterocycles. The summed E-state index contributed by atoms with van der Waals surface area (Å²) in [5, 5.41) is 12.0. The number of thiophene rings is 1. The molecule has 0 saturated carbocycles.